The molecule has 3 rings (SSSR count). The molecule has 35 heavy (non-hydrogen) atoms. The van der Waals surface area contributed by atoms with Gasteiger partial charge in [0, 0.05) is 18.4 Å². The van der Waals surface area contributed by atoms with Crippen molar-refractivity contribution in [2.24, 2.45) is 0 Å². The van der Waals surface area contributed by atoms with Crippen LogP contribution in [0.1, 0.15) is 27.6 Å². The summed E-state index contributed by atoms with van der Waals surface area (Å²) in [4.78, 5) is 25.4. The van der Waals surface area contributed by atoms with E-state index in [4.69, 9.17) is 26.4 Å². The molecule has 2 amide bonds. The summed E-state index contributed by atoms with van der Waals surface area (Å²) in [5.74, 6) is 0.645. The van der Waals surface area contributed by atoms with E-state index in [1.54, 1.807) is 79.9 Å². The molecular weight excluding hydrogens is 466 g/mol. The van der Waals surface area contributed by atoms with E-state index in [0.717, 1.165) is 5.75 Å². The van der Waals surface area contributed by atoms with Crippen LogP contribution in [0, 0.1) is 0 Å². The lowest BCUT2D eigenvalue weighted by molar-refractivity contribution is 0.0976. The topological polar surface area (TPSA) is 97.9 Å². The second kappa shape index (κ2) is 13.1. The third kappa shape index (κ3) is 7.80. The standard InChI is InChI=1S/C26H27N3O5S/c1-3-33-20-14-10-19(11-15-20)27-25(31)22-6-4-5-7-23(22)28-26(35)29-24(30)18-8-12-21(13-9-18)34-17-16-32-2/h4-15H,3,16-17H2,1-2H3,(H,27,31)(H2,28,29,30,35). The van der Waals surface area contributed by atoms with Crippen molar-refractivity contribution in [1.29, 1.82) is 0 Å². The normalized spacial score (nSPS) is 10.2. The van der Waals surface area contributed by atoms with Gasteiger partial charge in [0.15, 0.2) is 5.11 Å². The van der Waals surface area contributed by atoms with Crippen LogP contribution in [-0.4, -0.2) is 43.9 Å². The van der Waals surface area contributed by atoms with Crippen LogP contribution in [0.4, 0.5) is 11.4 Å². The molecular formula is C26H27N3O5S. The number of hydrogen-bond acceptors (Lipinski definition) is 6. The fourth-order valence-corrected chi connectivity index (χ4v) is 3.27. The first-order chi connectivity index (χ1) is 17.0. The molecule has 0 heterocycles. The lowest BCUT2D eigenvalue weighted by Crippen LogP contribution is -2.34. The van der Waals surface area contributed by atoms with Crippen LogP contribution in [-0.2, 0) is 4.74 Å². The summed E-state index contributed by atoms with van der Waals surface area (Å²) in [6.07, 6.45) is 0. The largest absolute Gasteiger partial charge is 0.494 e. The quantitative estimate of drug-likeness (QED) is 0.283. The van der Waals surface area contributed by atoms with Crippen molar-refractivity contribution in [1.82, 2.24) is 5.32 Å². The van der Waals surface area contributed by atoms with E-state index in [-0.39, 0.29) is 16.9 Å². The summed E-state index contributed by atoms with van der Waals surface area (Å²) in [5, 5.41) is 8.47. The maximum atomic E-state index is 12.9. The molecule has 0 aliphatic rings. The van der Waals surface area contributed by atoms with Crippen molar-refractivity contribution in [3.63, 3.8) is 0 Å². The monoisotopic (exact) mass is 493 g/mol. The van der Waals surface area contributed by atoms with Crippen LogP contribution in [0.25, 0.3) is 0 Å². The Labute approximate surface area is 209 Å². The number of anilines is 2. The number of ether oxygens (including phenoxy) is 3. The molecule has 0 fully saturated rings. The minimum absolute atomic E-state index is 0.0664. The van der Waals surface area contributed by atoms with Gasteiger partial charge in [-0.25, -0.2) is 0 Å². The maximum Gasteiger partial charge on any atom is 0.257 e. The predicted octanol–water partition coefficient (Wildman–Crippen LogP) is 4.49. The van der Waals surface area contributed by atoms with E-state index < -0.39 is 0 Å². The summed E-state index contributed by atoms with van der Waals surface area (Å²) < 4.78 is 15.9. The number of rotatable bonds is 10. The first-order valence-corrected chi connectivity index (χ1v) is 11.4. The van der Waals surface area contributed by atoms with Gasteiger partial charge in [-0.15, -0.1) is 0 Å². The molecule has 0 spiro atoms. The molecule has 0 aromatic heterocycles. The molecule has 0 bridgehead atoms. The summed E-state index contributed by atoms with van der Waals surface area (Å²) in [5.41, 5.74) is 1.87. The van der Waals surface area contributed by atoms with Gasteiger partial charge in [-0.3, -0.25) is 14.9 Å². The molecule has 0 unspecified atom stereocenters. The molecule has 9 heteroatoms. The zero-order valence-electron chi connectivity index (χ0n) is 19.5. The van der Waals surface area contributed by atoms with E-state index in [9.17, 15) is 9.59 Å². The van der Waals surface area contributed by atoms with Gasteiger partial charge in [0.25, 0.3) is 11.8 Å². The minimum atomic E-state index is -0.387. The van der Waals surface area contributed by atoms with Crippen molar-refractivity contribution in [3.8, 4) is 11.5 Å². The smallest absolute Gasteiger partial charge is 0.257 e. The van der Waals surface area contributed by atoms with Crippen molar-refractivity contribution < 1.29 is 23.8 Å². The van der Waals surface area contributed by atoms with E-state index in [1.165, 1.54) is 0 Å². The molecule has 3 aromatic carbocycles. The molecule has 0 saturated carbocycles. The van der Waals surface area contributed by atoms with Crippen LogP contribution in [0.15, 0.2) is 72.8 Å². The van der Waals surface area contributed by atoms with Gasteiger partial charge in [0.1, 0.15) is 18.1 Å². The first kappa shape index (κ1) is 25.7. The van der Waals surface area contributed by atoms with E-state index >= 15 is 0 Å². The summed E-state index contributed by atoms with van der Waals surface area (Å²) >= 11 is 5.30. The molecule has 3 N–H and O–H groups in total. The fraction of sp³-hybridized carbons (Fsp3) is 0.192. The highest BCUT2D eigenvalue weighted by Gasteiger charge is 2.14. The number of para-hydroxylation sites is 1. The molecule has 0 aliphatic heterocycles. The third-order valence-corrected chi connectivity index (χ3v) is 4.95. The first-order valence-electron chi connectivity index (χ1n) is 11.0. The Morgan fingerprint density at radius 2 is 1.46 bits per heavy atom. The van der Waals surface area contributed by atoms with E-state index in [1.807, 2.05) is 6.92 Å². The maximum absolute atomic E-state index is 12.9. The Balaban J connectivity index is 1.59. The van der Waals surface area contributed by atoms with Crippen molar-refractivity contribution in [2.45, 2.75) is 6.92 Å². The number of hydrogen-bond donors (Lipinski definition) is 3. The number of thiocarbonyl (C=S) groups is 1. The number of methoxy groups -OCH3 is 1. The van der Waals surface area contributed by atoms with Crippen LogP contribution < -0.4 is 25.4 Å². The average Bonchev–Trinajstić information content (AvgIpc) is 2.86. The number of carbonyl (C=O) groups is 2. The SMILES string of the molecule is CCOc1ccc(NC(=O)c2ccccc2NC(=S)NC(=O)c2ccc(OCCOC)cc2)cc1. The highest BCUT2D eigenvalue weighted by molar-refractivity contribution is 7.80. The Morgan fingerprint density at radius 1 is 0.800 bits per heavy atom. The number of nitrogens with one attached hydrogen (secondary N) is 3. The second-order valence-electron chi connectivity index (χ2n) is 7.23. The molecule has 3 aromatic rings. The molecule has 182 valence electrons. The predicted molar refractivity (Wildman–Crippen MR) is 140 cm³/mol. The van der Waals surface area contributed by atoms with Gasteiger partial charge in [-0.2, -0.15) is 0 Å². The third-order valence-electron chi connectivity index (χ3n) is 4.74. The van der Waals surface area contributed by atoms with Gasteiger partial charge in [-0.05, 0) is 79.8 Å². The van der Waals surface area contributed by atoms with Crippen molar-refractivity contribution in [3.05, 3.63) is 83.9 Å². The van der Waals surface area contributed by atoms with Gasteiger partial charge >= 0.3 is 0 Å². The number of carbonyl (C=O) groups excluding carboxylic acids is 2. The lowest BCUT2D eigenvalue weighted by Gasteiger charge is -2.14. The van der Waals surface area contributed by atoms with Gasteiger partial charge in [-0.1, -0.05) is 12.1 Å². The highest BCUT2D eigenvalue weighted by Crippen LogP contribution is 2.20. The zero-order valence-corrected chi connectivity index (χ0v) is 20.3. The number of amides is 2. The van der Waals surface area contributed by atoms with Crippen molar-refractivity contribution >= 4 is 40.5 Å². The Hall–Kier alpha value is -3.95. The van der Waals surface area contributed by atoms with Gasteiger partial charge < -0.3 is 24.8 Å². The second-order valence-corrected chi connectivity index (χ2v) is 7.64. The molecule has 0 radical (unpaired) electrons. The van der Waals surface area contributed by atoms with Gasteiger partial charge in [0.2, 0.25) is 0 Å². The summed E-state index contributed by atoms with van der Waals surface area (Å²) in [6, 6.07) is 20.6. The van der Waals surface area contributed by atoms with Crippen LogP contribution in [0.5, 0.6) is 11.5 Å². The molecule has 0 saturated heterocycles. The van der Waals surface area contributed by atoms with E-state index in [2.05, 4.69) is 16.0 Å². The minimum Gasteiger partial charge on any atom is -0.494 e. The fourth-order valence-electron chi connectivity index (χ4n) is 3.06. The lowest BCUT2D eigenvalue weighted by atomic mass is 10.1. The Bertz CT molecular complexity index is 1150. The molecule has 0 atom stereocenters. The molecule has 0 aliphatic carbocycles. The average molecular weight is 494 g/mol. The van der Waals surface area contributed by atoms with Crippen molar-refractivity contribution in [2.75, 3.05) is 37.6 Å². The Kier molecular flexibility index (Phi) is 9.58. The summed E-state index contributed by atoms with van der Waals surface area (Å²) in [7, 11) is 1.60. The molecule has 8 nitrogen and oxygen atoms in total. The van der Waals surface area contributed by atoms with Crippen LogP contribution in [0.3, 0.4) is 0 Å². The zero-order chi connectivity index (χ0) is 25.0. The van der Waals surface area contributed by atoms with Crippen LogP contribution in [0.2, 0.25) is 0 Å². The highest BCUT2D eigenvalue weighted by atomic mass is 32.1. The van der Waals surface area contributed by atoms with E-state index in [0.29, 0.717) is 48.1 Å². The Morgan fingerprint density at radius 3 is 2.14 bits per heavy atom. The summed E-state index contributed by atoms with van der Waals surface area (Å²) in [6.45, 7) is 3.36. The van der Waals surface area contributed by atoms with Gasteiger partial charge in [0.05, 0.1) is 24.5 Å². The van der Waals surface area contributed by atoms with Crippen LogP contribution >= 0.6 is 12.2 Å². The number of benzene rings is 3.